The SMILES string of the molecule is CCNC(=O)Nc1cnc2cc(-c3ccc(O)c(OC)c3)cnc2n1. The van der Waals surface area contributed by atoms with E-state index in [9.17, 15) is 9.90 Å². The van der Waals surface area contributed by atoms with Gasteiger partial charge >= 0.3 is 6.03 Å². The molecule has 3 aromatic rings. The Morgan fingerprint density at radius 1 is 1.20 bits per heavy atom. The van der Waals surface area contributed by atoms with Crippen LogP contribution in [-0.2, 0) is 0 Å². The van der Waals surface area contributed by atoms with E-state index >= 15 is 0 Å². The number of carbonyl (C=O) groups is 1. The molecule has 0 fully saturated rings. The number of amides is 2. The summed E-state index contributed by atoms with van der Waals surface area (Å²) in [5.74, 6) is 0.774. The van der Waals surface area contributed by atoms with E-state index in [-0.39, 0.29) is 11.8 Å². The monoisotopic (exact) mass is 339 g/mol. The summed E-state index contributed by atoms with van der Waals surface area (Å²) in [6.07, 6.45) is 3.12. The molecule has 0 aliphatic rings. The third-order valence-corrected chi connectivity index (χ3v) is 3.49. The number of rotatable bonds is 4. The van der Waals surface area contributed by atoms with Crippen LogP contribution in [0.4, 0.5) is 10.6 Å². The van der Waals surface area contributed by atoms with E-state index in [1.54, 1.807) is 24.4 Å². The fraction of sp³-hybridized carbons (Fsp3) is 0.176. The van der Waals surface area contributed by atoms with Crippen LogP contribution in [-0.4, -0.2) is 39.7 Å². The van der Waals surface area contributed by atoms with Gasteiger partial charge in [0.25, 0.3) is 0 Å². The quantitative estimate of drug-likeness (QED) is 0.674. The smallest absolute Gasteiger partial charge is 0.320 e. The van der Waals surface area contributed by atoms with E-state index < -0.39 is 0 Å². The van der Waals surface area contributed by atoms with Crippen LogP contribution in [0.2, 0.25) is 0 Å². The van der Waals surface area contributed by atoms with Crippen LogP contribution in [0.3, 0.4) is 0 Å². The van der Waals surface area contributed by atoms with Gasteiger partial charge in [0.05, 0.1) is 13.3 Å². The van der Waals surface area contributed by atoms with Crippen molar-refractivity contribution >= 4 is 23.0 Å². The number of carbonyl (C=O) groups excluding carboxylic acids is 1. The highest BCUT2D eigenvalue weighted by Gasteiger charge is 2.09. The van der Waals surface area contributed by atoms with Gasteiger partial charge < -0.3 is 15.2 Å². The molecule has 0 bridgehead atoms. The first-order valence-electron chi connectivity index (χ1n) is 7.65. The van der Waals surface area contributed by atoms with E-state index in [4.69, 9.17) is 4.74 Å². The summed E-state index contributed by atoms with van der Waals surface area (Å²) in [7, 11) is 1.49. The van der Waals surface area contributed by atoms with Crippen molar-refractivity contribution in [2.75, 3.05) is 19.0 Å². The van der Waals surface area contributed by atoms with Crippen LogP contribution in [0.1, 0.15) is 6.92 Å². The van der Waals surface area contributed by atoms with Gasteiger partial charge in [0, 0.05) is 18.3 Å². The minimum atomic E-state index is -0.344. The van der Waals surface area contributed by atoms with Crippen molar-refractivity contribution in [3.05, 3.63) is 36.7 Å². The second-order valence-electron chi connectivity index (χ2n) is 5.19. The molecule has 3 N–H and O–H groups in total. The number of anilines is 1. The number of urea groups is 1. The maximum Gasteiger partial charge on any atom is 0.320 e. The first-order chi connectivity index (χ1) is 12.1. The minimum Gasteiger partial charge on any atom is -0.504 e. The van der Waals surface area contributed by atoms with Crippen LogP contribution in [0, 0.1) is 0 Å². The first kappa shape index (κ1) is 16.4. The maximum absolute atomic E-state index is 11.5. The second kappa shape index (κ2) is 7.00. The van der Waals surface area contributed by atoms with Crippen molar-refractivity contribution in [3.63, 3.8) is 0 Å². The summed E-state index contributed by atoms with van der Waals surface area (Å²) >= 11 is 0. The number of pyridine rings is 1. The molecule has 25 heavy (non-hydrogen) atoms. The topological polar surface area (TPSA) is 109 Å². The third-order valence-electron chi connectivity index (χ3n) is 3.49. The van der Waals surface area contributed by atoms with Crippen molar-refractivity contribution in [2.24, 2.45) is 0 Å². The molecule has 8 nitrogen and oxygen atoms in total. The van der Waals surface area contributed by atoms with Crippen molar-refractivity contribution < 1.29 is 14.6 Å². The Morgan fingerprint density at radius 3 is 2.80 bits per heavy atom. The molecule has 0 saturated heterocycles. The van der Waals surface area contributed by atoms with Gasteiger partial charge in [-0.3, -0.25) is 5.32 Å². The lowest BCUT2D eigenvalue weighted by atomic mass is 10.1. The predicted octanol–water partition coefficient (Wildman–Crippen LogP) is 2.55. The molecule has 0 saturated carbocycles. The highest BCUT2D eigenvalue weighted by molar-refractivity contribution is 5.89. The fourth-order valence-electron chi connectivity index (χ4n) is 2.30. The zero-order valence-corrected chi connectivity index (χ0v) is 13.8. The Bertz CT molecular complexity index is 929. The molecule has 8 heteroatoms. The summed E-state index contributed by atoms with van der Waals surface area (Å²) in [5.41, 5.74) is 2.65. The standard InChI is InChI=1S/C17H17N5O3/c1-3-18-17(24)22-15-9-19-12-6-11(8-20-16(12)21-15)10-4-5-13(23)14(7-10)25-2/h4-9,23H,3H2,1-2H3,(H2,18,20,21,22,24). The minimum absolute atomic E-state index is 0.0702. The molecule has 0 aliphatic carbocycles. The van der Waals surface area contributed by atoms with Crippen LogP contribution in [0.25, 0.3) is 22.3 Å². The van der Waals surface area contributed by atoms with Gasteiger partial charge in [-0.2, -0.15) is 0 Å². The number of phenols is 1. The van der Waals surface area contributed by atoms with E-state index in [1.807, 2.05) is 13.0 Å². The molecule has 0 aliphatic heterocycles. The Morgan fingerprint density at radius 2 is 2.04 bits per heavy atom. The van der Waals surface area contributed by atoms with E-state index in [0.29, 0.717) is 29.3 Å². The lowest BCUT2D eigenvalue weighted by Gasteiger charge is -2.08. The van der Waals surface area contributed by atoms with Crippen molar-refractivity contribution in [2.45, 2.75) is 6.92 Å². The normalized spacial score (nSPS) is 10.5. The lowest BCUT2D eigenvalue weighted by molar-refractivity contribution is 0.252. The Hall–Kier alpha value is -3.42. The summed E-state index contributed by atoms with van der Waals surface area (Å²) in [6.45, 7) is 2.34. The summed E-state index contributed by atoms with van der Waals surface area (Å²) in [6, 6.07) is 6.53. The molecular formula is C17H17N5O3. The molecule has 2 aromatic heterocycles. The average Bonchev–Trinajstić information content (AvgIpc) is 2.62. The first-order valence-corrected chi connectivity index (χ1v) is 7.65. The molecule has 2 heterocycles. The number of ether oxygens (including phenoxy) is 1. The van der Waals surface area contributed by atoms with E-state index in [2.05, 4.69) is 25.6 Å². The van der Waals surface area contributed by atoms with Gasteiger partial charge in [-0.05, 0) is 30.7 Å². The summed E-state index contributed by atoms with van der Waals surface area (Å²) in [4.78, 5) is 24.4. The van der Waals surface area contributed by atoms with Crippen LogP contribution >= 0.6 is 0 Å². The second-order valence-corrected chi connectivity index (χ2v) is 5.19. The molecule has 1 aromatic carbocycles. The van der Waals surface area contributed by atoms with E-state index in [0.717, 1.165) is 11.1 Å². The number of hydrogen-bond acceptors (Lipinski definition) is 6. The number of aromatic nitrogens is 3. The Labute approximate surface area is 143 Å². The van der Waals surface area contributed by atoms with Crippen molar-refractivity contribution in [1.29, 1.82) is 0 Å². The highest BCUT2D eigenvalue weighted by Crippen LogP contribution is 2.31. The number of phenolic OH excluding ortho intramolecular Hbond substituents is 1. The highest BCUT2D eigenvalue weighted by atomic mass is 16.5. The third kappa shape index (κ3) is 3.57. The molecule has 0 spiro atoms. The van der Waals surface area contributed by atoms with Crippen molar-refractivity contribution in [1.82, 2.24) is 20.3 Å². The number of methoxy groups -OCH3 is 1. The van der Waals surface area contributed by atoms with Gasteiger partial charge in [-0.25, -0.2) is 19.7 Å². The molecule has 0 unspecified atom stereocenters. The molecule has 2 amide bonds. The molecule has 128 valence electrons. The maximum atomic E-state index is 11.5. The number of nitrogens with zero attached hydrogens (tertiary/aromatic N) is 3. The van der Waals surface area contributed by atoms with E-state index in [1.165, 1.54) is 13.3 Å². The zero-order valence-electron chi connectivity index (χ0n) is 13.8. The zero-order chi connectivity index (χ0) is 17.8. The summed E-state index contributed by atoms with van der Waals surface area (Å²) < 4.78 is 5.12. The summed E-state index contributed by atoms with van der Waals surface area (Å²) in [5, 5.41) is 14.9. The van der Waals surface area contributed by atoms with Crippen molar-refractivity contribution in [3.8, 4) is 22.6 Å². The van der Waals surface area contributed by atoms with Gasteiger partial charge in [0.1, 0.15) is 5.52 Å². The van der Waals surface area contributed by atoms with Gasteiger partial charge in [0.2, 0.25) is 0 Å². The Kier molecular flexibility index (Phi) is 4.60. The number of hydrogen-bond donors (Lipinski definition) is 3. The average molecular weight is 339 g/mol. The van der Waals surface area contributed by atoms with Gasteiger partial charge in [-0.1, -0.05) is 6.07 Å². The fourth-order valence-corrected chi connectivity index (χ4v) is 2.30. The Balaban J connectivity index is 1.91. The van der Waals surface area contributed by atoms with Crippen LogP contribution in [0.5, 0.6) is 11.5 Å². The lowest BCUT2D eigenvalue weighted by Crippen LogP contribution is -2.28. The van der Waals surface area contributed by atoms with Gasteiger partial charge in [-0.15, -0.1) is 0 Å². The number of aromatic hydroxyl groups is 1. The van der Waals surface area contributed by atoms with Gasteiger partial charge in [0.15, 0.2) is 23.0 Å². The molecule has 0 radical (unpaired) electrons. The molecule has 3 rings (SSSR count). The predicted molar refractivity (Wildman–Crippen MR) is 93.7 cm³/mol. The number of fused-ring (bicyclic) bond motifs is 1. The molecular weight excluding hydrogens is 322 g/mol. The molecule has 0 atom stereocenters. The number of benzene rings is 1. The number of nitrogens with one attached hydrogen (secondary N) is 2. The van der Waals surface area contributed by atoms with Crippen LogP contribution in [0.15, 0.2) is 36.7 Å². The van der Waals surface area contributed by atoms with Crippen LogP contribution < -0.4 is 15.4 Å². The largest absolute Gasteiger partial charge is 0.504 e.